The Morgan fingerprint density at radius 2 is 2.06 bits per heavy atom. The number of hydrogen-bond acceptors (Lipinski definition) is 3. The van der Waals surface area contributed by atoms with Crippen LogP contribution in [0.4, 0.5) is 5.69 Å². The van der Waals surface area contributed by atoms with Crippen LogP contribution in [0.5, 0.6) is 5.75 Å². The molecule has 1 saturated carbocycles. The lowest BCUT2D eigenvalue weighted by molar-refractivity contribution is 0.340. The van der Waals surface area contributed by atoms with Crippen molar-refractivity contribution < 1.29 is 4.74 Å². The molecular formula is C13H20N2O. The molecule has 1 fully saturated rings. The summed E-state index contributed by atoms with van der Waals surface area (Å²) in [6, 6.07) is 8.81. The van der Waals surface area contributed by atoms with Gasteiger partial charge in [0, 0.05) is 17.8 Å². The Bertz CT molecular complexity index is 323. The first-order valence-corrected chi connectivity index (χ1v) is 6.04. The van der Waals surface area contributed by atoms with E-state index in [1.54, 1.807) is 0 Å². The SMILES string of the molecule is CCOc1ccc(N[C@H]2CCC[C@@H]2N)cc1. The van der Waals surface area contributed by atoms with Crippen LogP contribution in [0, 0.1) is 0 Å². The van der Waals surface area contributed by atoms with Gasteiger partial charge in [-0.15, -0.1) is 0 Å². The summed E-state index contributed by atoms with van der Waals surface area (Å²) in [6.07, 6.45) is 3.54. The first kappa shape index (κ1) is 11.3. The maximum Gasteiger partial charge on any atom is 0.119 e. The van der Waals surface area contributed by atoms with E-state index in [-0.39, 0.29) is 0 Å². The summed E-state index contributed by atoms with van der Waals surface area (Å²) in [5.74, 6) is 0.920. The first-order chi connectivity index (χ1) is 7.79. The molecule has 0 radical (unpaired) electrons. The smallest absolute Gasteiger partial charge is 0.119 e. The quantitative estimate of drug-likeness (QED) is 0.819. The monoisotopic (exact) mass is 220 g/mol. The van der Waals surface area contributed by atoms with Gasteiger partial charge >= 0.3 is 0 Å². The van der Waals surface area contributed by atoms with E-state index < -0.39 is 0 Å². The van der Waals surface area contributed by atoms with Gasteiger partial charge in [0.05, 0.1) is 6.61 Å². The Labute approximate surface area is 97.0 Å². The number of nitrogens with two attached hydrogens (primary N) is 1. The molecule has 1 aromatic carbocycles. The van der Waals surface area contributed by atoms with Crippen molar-refractivity contribution in [2.24, 2.45) is 5.73 Å². The van der Waals surface area contributed by atoms with Gasteiger partial charge in [-0.25, -0.2) is 0 Å². The molecule has 0 spiro atoms. The van der Waals surface area contributed by atoms with E-state index in [0.717, 1.165) is 17.9 Å². The van der Waals surface area contributed by atoms with E-state index in [2.05, 4.69) is 17.4 Å². The number of rotatable bonds is 4. The molecule has 3 nitrogen and oxygen atoms in total. The van der Waals surface area contributed by atoms with Crippen molar-refractivity contribution in [2.45, 2.75) is 38.3 Å². The summed E-state index contributed by atoms with van der Waals surface area (Å²) in [5.41, 5.74) is 7.15. The molecule has 88 valence electrons. The van der Waals surface area contributed by atoms with Gasteiger partial charge < -0.3 is 15.8 Å². The average molecular weight is 220 g/mol. The largest absolute Gasteiger partial charge is 0.494 e. The van der Waals surface area contributed by atoms with Gasteiger partial charge in [0.1, 0.15) is 5.75 Å². The van der Waals surface area contributed by atoms with Crippen molar-refractivity contribution in [3.8, 4) is 5.75 Å². The minimum atomic E-state index is 0.298. The van der Waals surface area contributed by atoms with E-state index in [4.69, 9.17) is 10.5 Å². The van der Waals surface area contributed by atoms with E-state index in [9.17, 15) is 0 Å². The van der Waals surface area contributed by atoms with Crippen molar-refractivity contribution >= 4 is 5.69 Å². The fourth-order valence-corrected chi connectivity index (χ4v) is 2.20. The lowest BCUT2D eigenvalue weighted by atomic mass is 10.1. The molecule has 0 heterocycles. The molecule has 0 bridgehead atoms. The van der Waals surface area contributed by atoms with E-state index in [1.807, 2.05) is 19.1 Å². The fraction of sp³-hybridized carbons (Fsp3) is 0.538. The van der Waals surface area contributed by atoms with Gasteiger partial charge in [-0.3, -0.25) is 0 Å². The van der Waals surface area contributed by atoms with Crippen LogP contribution < -0.4 is 15.8 Å². The Kier molecular flexibility index (Phi) is 3.67. The zero-order valence-electron chi connectivity index (χ0n) is 9.78. The second-order valence-corrected chi connectivity index (χ2v) is 4.30. The number of hydrogen-bond donors (Lipinski definition) is 2. The van der Waals surface area contributed by atoms with Crippen molar-refractivity contribution in [2.75, 3.05) is 11.9 Å². The zero-order chi connectivity index (χ0) is 11.4. The fourth-order valence-electron chi connectivity index (χ4n) is 2.20. The van der Waals surface area contributed by atoms with Crippen LogP contribution >= 0.6 is 0 Å². The summed E-state index contributed by atoms with van der Waals surface area (Å²) in [7, 11) is 0. The second-order valence-electron chi connectivity index (χ2n) is 4.30. The molecule has 3 heteroatoms. The van der Waals surface area contributed by atoms with Crippen LogP contribution in [0.1, 0.15) is 26.2 Å². The van der Waals surface area contributed by atoms with Gasteiger partial charge in [-0.05, 0) is 50.5 Å². The first-order valence-electron chi connectivity index (χ1n) is 6.04. The highest BCUT2D eigenvalue weighted by atomic mass is 16.5. The Morgan fingerprint density at radius 3 is 2.62 bits per heavy atom. The Hall–Kier alpha value is -1.22. The average Bonchev–Trinajstić information content (AvgIpc) is 2.68. The predicted octanol–water partition coefficient (Wildman–Crippen LogP) is 2.38. The molecule has 0 saturated heterocycles. The van der Waals surface area contributed by atoms with Crippen LogP contribution in [0.15, 0.2) is 24.3 Å². The van der Waals surface area contributed by atoms with Gasteiger partial charge in [0.15, 0.2) is 0 Å². The molecular weight excluding hydrogens is 200 g/mol. The summed E-state index contributed by atoms with van der Waals surface area (Å²) in [5, 5.41) is 3.48. The highest BCUT2D eigenvalue weighted by Crippen LogP contribution is 2.23. The van der Waals surface area contributed by atoms with Crippen molar-refractivity contribution in [3.63, 3.8) is 0 Å². The van der Waals surface area contributed by atoms with Gasteiger partial charge in [0.2, 0.25) is 0 Å². The molecule has 1 aliphatic carbocycles. The predicted molar refractivity (Wildman–Crippen MR) is 66.8 cm³/mol. The lowest BCUT2D eigenvalue weighted by Crippen LogP contribution is -2.35. The van der Waals surface area contributed by atoms with Crippen LogP contribution in [0.3, 0.4) is 0 Å². The van der Waals surface area contributed by atoms with Gasteiger partial charge in [-0.1, -0.05) is 0 Å². The highest BCUT2D eigenvalue weighted by Gasteiger charge is 2.23. The van der Waals surface area contributed by atoms with Crippen molar-refractivity contribution in [1.82, 2.24) is 0 Å². The second kappa shape index (κ2) is 5.21. The lowest BCUT2D eigenvalue weighted by Gasteiger charge is -2.18. The summed E-state index contributed by atoms with van der Waals surface area (Å²) < 4.78 is 5.40. The third-order valence-electron chi connectivity index (χ3n) is 3.09. The van der Waals surface area contributed by atoms with Crippen molar-refractivity contribution in [3.05, 3.63) is 24.3 Å². The molecule has 0 aliphatic heterocycles. The minimum Gasteiger partial charge on any atom is -0.494 e. The molecule has 2 rings (SSSR count). The molecule has 3 N–H and O–H groups in total. The zero-order valence-corrected chi connectivity index (χ0v) is 9.78. The van der Waals surface area contributed by atoms with E-state index >= 15 is 0 Å². The van der Waals surface area contributed by atoms with Crippen LogP contribution in [-0.4, -0.2) is 18.7 Å². The van der Waals surface area contributed by atoms with E-state index in [1.165, 1.54) is 12.8 Å². The molecule has 1 aliphatic rings. The van der Waals surface area contributed by atoms with Crippen LogP contribution in [0.25, 0.3) is 0 Å². The molecule has 0 amide bonds. The Morgan fingerprint density at radius 1 is 1.31 bits per heavy atom. The normalized spacial score (nSPS) is 24.4. The van der Waals surface area contributed by atoms with Crippen LogP contribution in [-0.2, 0) is 0 Å². The molecule has 2 atom stereocenters. The molecule has 0 unspecified atom stereocenters. The number of nitrogens with one attached hydrogen (secondary N) is 1. The number of benzene rings is 1. The molecule has 16 heavy (non-hydrogen) atoms. The summed E-state index contributed by atoms with van der Waals surface area (Å²) in [6.45, 7) is 2.70. The minimum absolute atomic E-state index is 0.298. The summed E-state index contributed by atoms with van der Waals surface area (Å²) >= 11 is 0. The summed E-state index contributed by atoms with van der Waals surface area (Å²) in [4.78, 5) is 0. The third-order valence-corrected chi connectivity index (χ3v) is 3.09. The number of anilines is 1. The Balaban J connectivity index is 1.94. The molecule has 0 aromatic heterocycles. The van der Waals surface area contributed by atoms with Crippen LogP contribution in [0.2, 0.25) is 0 Å². The number of ether oxygens (including phenoxy) is 1. The van der Waals surface area contributed by atoms with Gasteiger partial charge in [0.25, 0.3) is 0 Å². The van der Waals surface area contributed by atoms with Crippen molar-refractivity contribution in [1.29, 1.82) is 0 Å². The van der Waals surface area contributed by atoms with E-state index in [0.29, 0.717) is 18.7 Å². The topological polar surface area (TPSA) is 47.3 Å². The molecule has 1 aromatic rings. The maximum atomic E-state index is 6.02. The third kappa shape index (κ3) is 2.67. The van der Waals surface area contributed by atoms with Gasteiger partial charge in [-0.2, -0.15) is 0 Å². The maximum absolute atomic E-state index is 6.02. The highest BCUT2D eigenvalue weighted by molar-refractivity contribution is 5.47. The standard InChI is InChI=1S/C13H20N2O/c1-2-16-11-8-6-10(7-9-11)15-13-5-3-4-12(13)14/h6-9,12-13,15H,2-5,14H2,1H3/t12-,13-/m0/s1.